The molecule has 22 heavy (non-hydrogen) atoms. The van der Waals surface area contributed by atoms with Gasteiger partial charge in [0.05, 0.1) is 11.5 Å². The molecule has 0 aliphatic heterocycles. The molecule has 1 N–H and O–H groups in total. The van der Waals surface area contributed by atoms with Gasteiger partial charge in [-0.15, -0.1) is 0 Å². The van der Waals surface area contributed by atoms with Crippen LogP contribution in [0.5, 0.6) is 5.75 Å². The summed E-state index contributed by atoms with van der Waals surface area (Å²) in [6, 6.07) is 8.43. The van der Waals surface area contributed by atoms with E-state index in [-0.39, 0.29) is 11.4 Å². The Morgan fingerprint density at radius 1 is 1.18 bits per heavy atom. The quantitative estimate of drug-likeness (QED) is 0.889. The Balaban J connectivity index is 2.12. The fraction of sp³-hybridized carbons (Fsp3) is 0.375. The zero-order chi connectivity index (χ0) is 16.3. The third-order valence-corrected chi connectivity index (χ3v) is 5.19. The number of ether oxygens (including phenoxy) is 1. The minimum Gasteiger partial charge on any atom is -0.494 e. The second kappa shape index (κ2) is 6.54. The number of nitrogens with zero attached hydrogens (tertiary/aromatic N) is 1. The normalized spacial score (nSPS) is 11.6. The van der Waals surface area contributed by atoms with E-state index in [1.807, 2.05) is 38.5 Å². The first-order valence-electron chi connectivity index (χ1n) is 7.19. The van der Waals surface area contributed by atoms with Crippen LogP contribution < -0.4 is 9.46 Å². The minimum absolute atomic E-state index is 0.237. The first-order valence-corrected chi connectivity index (χ1v) is 8.67. The lowest BCUT2D eigenvalue weighted by Crippen LogP contribution is -2.23. The van der Waals surface area contributed by atoms with Gasteiger partial charge >= 0.3 is 0 Å². The van der Waals surface area contributed by atoms with Crippen molar-refractivity contribution in [2.45, 2.75) is 32.2 Å². The monoisotopic (exact) mass is 322 g/mol. The molecule has 0 unspecified atom stereocenters. The maximum atomic E-state index is 12.3. The van der Waals surface area contributed by atoms with Crippen LogP contribution >= 0.6 is 0 Å². The molecule has 1 aromatic carbocycles. The molecule has 1 aromatic heterocycles. The molecule has 0 atom stereocenters. The van der Waals surface area contributed by atoms with Crippen molar-refractivity contribution in [2.75, 3.05) is 6.61 Å². The van der Waals surface area contributed by atoms with Gasteiger partial charge in [0.1, 0.15) is 5.75 Å². The van der Waals surface area contributed by atoms with Crippen LogP contribution in [-0.2, 0) is 23.6 Å². The van der Waals surface area contributed by atoms with Crippen molar-refractivity contribution < 1.29 is 13.2 Å². The SMILES string of the molecule is CCOc1ccc(S(=O)(=O)NCc2cc(C)n(C)c2C)cc1. The van der Waals surface area contributed by atoms with Gasteiger partial charge in [-0.25, -0.2) is 13.1 Å². The van der Waals surface area contributed by atoms with Crippen LogP contribution in [0.3, 0.4) is 0 Å². The second-order valence-electron chi connectivity index (χ2n) is 5.18. The molecule has 2 rings (SSSR count). The summed E-state index contributed by atoms with van der Waals surface area (Å²) in [5.74, 6) is 0.663. The highest BCUT2D eigenvalue weighted by molar-refractivity contribution is 7.89. The van der Waals surface area contributed by atoms with E-state index in [2.05, 4.69) is 4.72 Å². The molecular formula is C16H22N2O3S. The second-order valence-corrected chi connectivity index (χ2v) is 6.95. The molecular weight excluding hydrogens is 300 g/mol. The topological polar surface area (TPSA) is 60.3 Å². The number of hydrogen-bond donors (Lipinski definition) is 1. The molecule has 0 saturated carbocycles. The zero-order valence-corrected chi connectivity index (χ0v) is 14.2. The van der Waals surface area contributed by atoms with Crippen molar-refractivity contribution in [3.05, 3.63) is 47.3 Å². The molecule has 0 saturated heterocycles. The number of sulfonamides is 1. The Labute approximate surface area is 132 Å². The van der Waals surface area contributed by atoms with E-state index in [0.29, 0.717) is 12.4 Å². The molecule has 120 valence electrons. The molecule has 0 amide bonds. The molecule has 1 heterocycles. The smallest absolute Gasteiger partial charge is 0.240 e. The van der Waals surface area contributed by atoms with E-state index in [1.165, 1.54) is 0 Å². The Morgan fingerprint density at radius 3 is 2.32 bits per heavy atom. The van der Waals surface area contributed by atoms with Gasteiger partial charge in [-0.05, 0) is 56.7 Å². The first-order chi connectivity index (χ1) is 10.3. The van der Waals surface area contributed by atoms with E-state index >= 15 is 0 Å². The number of benzene rings is 1. The summed E-state index contributed by atoms with van der Waals surface area (Å²) in [5.41, 5.74) is 3.15. The standard InChI is InChI=1S/C16H22N2O3S/c1-5-21-15-6-8-16(9-7-15)22(19,20)17-11-14-10-12(2)18(4)13(14)3/h6-10,17H,5,11H2,1-4H3. The first kappa shape index (κ1) is 16.6. The van der Waals surface area contributed by atoms with E-state index in [1.54, 1.807) is 24.3 Å². The summed E-state index contributed by atoms with van der Waals surface area (Å²) >= 11 is 0. The van der Waals surface area contributed by atoms with Gasteiger partial charge < -0.3 is 9.30 Å². The maximum absolute atomic E-state index is 12.3. The van der Waals surface area contributed by atoms with E-state index in [0.717, 1.165) is 17.0 Å². The average Bonchev–Trinajstić information content (AvgIpc) is 2.73. The Hall–Kier alpha value is -1.79. The van der Waals surface area contributed by atoms with Gasteiger partial charge in [-0.1, -0.05) is 0 Å². The van der Waals surface area contributed by atoms with Crippen molar-refractivity contribution in [1.29, 1.82) is 0 Å². The highest BCUT2D eigenvalue weighted by Gasteiger charge is 2.15. The Kier molecular flexibility index (Phi) is 4.93. The molecule has 0 fully saturated rings. The van der Waals surface area contributed by atoms with Crippen LogP contribution in [0.25, 0.3) is 0 Å². The highest BCUT2D eigenvalue weighted by atomic mass is 32.2. The summed E-state index contributed by atoms with van der Waals surface area (Å²) in [6.07, 6.45) is 0. The lowest BCUT2D eigenvalue weighted by Gasteiger charge is -2.08. The predicted molar refractivity (Wildman–Crippen MR) is 86.5 cm³/mol. The fourth-order valence-electron chi connectivity index (χ4n) is 2.25. The molecule has 5 nitrogen and oxygen atoms in total. The average molecular weight is 322 g/mol. The van der Waals surface area contributed by atoms with Gasteiger partial charge in [0.25, 0.3) is 0 Å². The van der Waals surface area contributed by atoms with Crippen LogP contribution in [0, 0.1) is 13.8 Å². The molecule has 0 aliphatic carbocycles. The highest BCUT2D eigenvalue weighted by Crippen LogP contribution is 2.17. The number of nitrogens with one attached hydrogen (secondary N) is 1. The van der Waals surface area contributed by atoms with Gasteiger partial charge in [0.15, 0.2) is 0 Å². The number of aryl methyl sites for hydroxylation is 1. The Bertz CT molecular complexity index is 746. The third-order valence-electron chi connectivity index (χ3n) is 3.78. The molecule has 6 heteroatoms. The largest absolute Gasteiger partial charge is 0.494 e. The summed E-state index contributed by atoms with van der Waals surface area (Å²) in [6.45, 7) is 6.70. The minimum atomic E-state index is -3.53. The van der Waals surface area contributed by atoms with Gasteiger partial charge in [0.2, 0.25) is 10.0 Å². The summed E-state index contributed by atoms with van der Waals surface area (Å²) < 4.78 is 34.6. The lowest BCUT2D eigenvalue weighted by molar-refractivity contribution is 0.340. The lowest BCUT2D eigenvalue weighted by atomic mass is 10.2. The van der Waals surface area contributed by atoms with E-state index in [4.69, 9.17) is 4.74 Å². The predicted octanol–water partition coefficient (Wildman–Crippen LogP) is 2.52. The molecule has 0 bridgehead atoms. The van der Waals surface area contributed by atoms with Gasteiger partial charge in [-0.2, -0.15) is 0 Å². The van der Waals surface area contributed by atoms with Crippen LogP contribution in [0.15, 0.2) is 35.2 Å². The van der Waals surface area contributed by atoms with Crippen molar-refractivity contribution in [3.8, 4) is 5.75 Å². The van der Waals surface area contributed by atoms with Crippen LogP contribution in [-0.4, -0.2) is 19.6 Å². The van der Waals surface area contributed by atoms with Crippen molar-refractivity contribution in [3.63, 3.8) is 0 Å². The molecule has 0 spiro atoms. The fourth-order valence-corrected chi connectivity index (χ4v) is 3.26. The third kappa shape index (κ3) is 3.51. The molecule has 2 aromatic rings. The van der Waals surface area contributed by atoms with Gasteiger partial charge in [0, 0.05) is 25.0 Å². The molecule has 0 aliphatic rings. The van der Waals surface area contributed by atoms with Crippen molar-refractivity contribution in [1.82, 2.24) is 9.29 Å². The van der Waals surface area contributed by atoms with Crippen LogP contribution in [0.4, 0.5) is 0 Å². The summed E-state index contributed by atoms with van der Waals surface area (Å²) in [5, 5.41) is 0. The van der Waals surface area contributed by atoms with E-state index < -0.39 is 10.0 Å². The zero-order valence-electron chi connectivity index (χ0n) is 13.4. The number of hydrogen-bond acceptors (Lipinski definition) is 3. The Morgan fingerprint density at radius 2 is 1.82 bits per heavy atom. The van der Waals surface area contributed by atoms with Crippen LogP contribution in [0.2, 0.25) is 0 Å². The molecule has 0 radical (unpaired) electrons. The van der Waals surface area contributed by atoms with Crippen molar-refractivity contribution >= 4 is 10.0 Å². The van der Waals surface area contributed by atoms with E-state index in [9.17, 15) is 8.42 Å². The van der Waals surface area contributed by atoms with Crippen LogP contribution in [0.1, 0.15) is 23.9 Å². The number of aromatic nitrogens is 1. The maximum Gasteiger partial charge on any atom is 0.240 e. The summed E-state index contributed by atoms with van der Waals surface area (Å²) in [7, 11) is -1.56. The summed E-state index contributed by atoms with van der Waals surface area (Å²) in [4.78, 5) is 0.237. The van der Waals surface area contributed by atoms with Gasteiger partial charge in [-0.3, -0.25) is 0 Å². The number of rotatable bonds is 6. The van der Waals surface area contributed by atoms with Crippen molar-refractivity contribution in [2.24, 2.45) is 7.05 Å².